The number of hydrogen-bond donors (Lipinski definition) is 1. The Morgan fingerprint density at radius 2 is 1.67 bits per heavy atom. The average Bonchev–Trinajstić information content (AvgIpc) is 2.21. The highest BCUT2D eigenvalue weighted by Crippen LogP contribution is 2.26. The van der Waals surface area contributed by atoms with Crippen molar-refractivity contribution in [2.24, 2.45) is 11.8 Å². The van der Waals surface area contributed by atoms with Gasteiger partial charge in [0.25, 0.3) is 0 Å². The Kier molecular flexibility index (Phi) is 6.13. The van der Waals surface area contributed by atoms with Crippen LogP contribution in [0.1, 0.15) is 40.5 Å². The molecule has 1 N–H and O–H groups in total. The molecule has 0 aromatic heterocycles. The fourth-order valence-electron chi connectivity index (χ4n) is 2.18. The lowest BCUT2D eigenvalue weighted by atomic mass is 9.95. The van der Waals surface area contributed by atoms with Crippen LogP contribution in [0.5, 0.6) is 0 Å². The van der Waals surface area contributed by atoms with E-state index in [1.54, 1.807) is 12.1 Å². The van der Waals surface area contributed by atoms with Crippen LogP contribution in [0, 0.1) is 17.7 Å². The summed E-state index contributed by atoms with van der Waals surface area (Å²) < 4.78 is 14.2. The molecule has 0 saturated heterocycles. The second kappa shape index (κ2) is 7.13. The van der Waals surface area contributed by atoms with Gasteiger partial charge in [0, 0.05) is 10.5 Å². The van der Waals surface area contributed by atoms with E-state index in [-0.39, 0.29) is 5.82 Å². The maximum absolute atomic E-state index is 13.3. The highest BCUT2D eigenvalue weighted by Gasteiger charge is 2.14. The van der Waals surface area contributed by atoms with E-state index >= 15 is 0 Å². The van der Waals surface area contributed by atoms with Crippen LogP contribution in [0.3, 0.4) is 0 Å². The van der Waals surface area contributed by atoms with Crippen molar-refractivity contribution in [3.63, 3.8) is 0 Å². The van der Waals surface area contributed by atoms with Gasteiger partial charge >= 0.3 is 0 Å². The first kappa shape index (κ1) is 15.5. The first-order valence-corrected chi connectivity index (χ1v) is 7.39. The van der Waals surface area contributed by atoms with Crippen LogP contribution in [0.2, 0.25) is 0 Å². The van der Waals surface area contributed by atoms with Gasteiger partial charge in [-0.2, -0.15) is 0 Å². The first-order chi connectivity index (χ1) is 8.38. The molecule has 0 unspecified atom stereocenters. The third kappa shape index (κ3) is 5.38. The molecule has 3 heteroatoms. The number of hydrogen-bond acceptors (Lipinski definition) is 1. The Morgan fingerprint density at radius 3 is 2.17 bits per heavy atom. The van der Waals surface area contributed by atoms with E-state index in [0.717, 1.165) is 23.0 Å². The summed E-state index contributed by atoms with van der Waals surface area (Å²) in [5.41, 5.74) is 0.848. The monoisotopic (exact) mass is 315 g/mol. The van der Waals surface area contributed by atoms with E-state index in [4.69, 9.17) is 0 Å². The predicted octanol–water partition coefficient (Wildman–Crippen LogP) is 5.46. The van der Waals surface area contributed by atoms with Crippen molar-refractivity contribution < 1.29 is 4.39 Å². The third-order valence-corrected chi connectivity index (χ3v) is 3.49. The van der Waals surface area contributed by atoms with E-state index in [0.29, 0.717) is 17.9 Å². The number of benzene rings is 1. The lowest BCUT2D eigenvalue weighted by Gasteiger charge is -2.24. The van der Waals surface area contributed by atoms with Gasteiger partial charge in [-0.05, 0) is 58.8 Å². The Balaban J connectivity index is 2.77. The second-order valence-electron chi connectivity index (χ2n) is 5.72. The summed E-state index contributed by atoms with van der Waals surface area (Å²) in [7, 11) is 0. The summed E-state index contributed by atoms with van der Waals surface area (Å²) in [6.45, 7) is 8.87. The van der Waals surface area contributed by atoms with Crippen molar-refractivity contribution in [1.29, 1.82) is 0 Å². The van der Waals surface area contributed by atoms with E-state index in [9.17, 15) is 4.39 Å². The van der Waals surface area contributed by atoms with Gasteiger partial charge in [-0.1, -0.05) is 27.7 Å². The maximum atomic E-state index is 13.3. The van der Waals surface area contributed by atoms with Gasteiger partial charge in [-0.3, -0.25) is 0 Å². The van der Waals surface area contributed by atoms with E-state index in [1.807, 2.05) is 0 Å². The van der Waals surface area contributed by atoms with E-state index in [1.165, 1.54) is 6.07 Å². The SMILES string of the molecule is CC(C)CC(CC(C)C)Nc1cc(F)ccc1Br. The summed E-state index contributed by atoms with van der Waals surface area (Å²) in [4.78, 5) is 0. The number of rotatable bonds is 6. The van der Waals surface area contributed by atoms with Gasteiger partial charge in [0.05, 0.1) is 5.69 Å². The largest absolute Gasteiger partial charge is 0.381 e. The predicted molar refractivity (Wildman–Crippen MR) is 80.4 cm³/mol. The van der Waals surface area contributed by atoms with Crippen LogP contribution in [0.4, 0.5) is 10.1 Å². The number of halogens is 2. The van der Waals surface area contributed by atoms with Crippen molar-refractivity contribution in [3.8, 4) is 0 Å². The number of nitrogens with one attached hydrogen (secondary N) is 1. The smallest absolute Gasteiger partial charge is 0.125 e. The molecule has 1 aromatic carbocycles. The standard InChI is InChI=1S/C15H23BrFN/c1-10(2)7-13(8-11(3)4)18-15-9-12(17)5-6-14(15)16/h5-6,9-11,13,18H,7-8H2,1-4H3. The fourth-order valence-corrected chi connectivity index (χ4v) is 2.54. The highest BCUT2D eigenvalue weighted by molar-refractivity contribution is 9.10. The second-order valence-corrected chi connectivity index (χ2v) is 6.58. The molecular formula is C15H23BrFN. The van der Waals surface area contributed by atoms with Crippen LogP contribution in [-0.2, 0) is 0 Å². The molecule has 0 aliphatic carbocycles. The molecular weight excluding hydrogens is 293 g/mol. The quantitative estimate of drug-likeness (QED) is 0.734. The molecule has 102 valence electrons. The average molecular weight is 316 g/mol. The molecule has 1 aromatic rings. The molecule has 18 heavy (non-hydrogen) atoms. The van der Waals surface area contributed by atoms with Crippen molar-refractivity contribution in [1.82, 2.24) is 0 Å². The zero-order valence-electron chi connectivity index (χ0n) is 11.6. The van der Waals surface area contributed by atoms with E-state index < -0.39 is 0 Å². The van der Waals surface area contributed by atoms with Crippen LogP contribution in [0.25, 0.3) is 0 Å². The molecule has 0 radical (unpaired) electrons. The van der Waals surface area contributed by atoms with Gasteiger partial charge in [0.2, 0.25) is 0 Å². The Morgan fingerprint density at radius 1 is 1.11 bits per heavy atom. The van der Waals surface area contributed by atoms with Crippen LogP contribution >= 0.6 is 15.9 Å². The van der Waals surface area contributed by atoms with Crippen LogP contribution in [-0.4, -0.2) is 6.04 Å². The van der Waals surface area contributed by atoms with Crippen molar-refractivity contribution in [2.45, 2.75) is 46.6 Å². The van der Waals surface area contributed by atoms with Crippen molar-refractivity contribution in [3.05, 3.63) is 28.5 Å². The Hall–Kier alpha value is -0.570. The minimum atomic E-state index is -0.200. The zero-order valence-corrected chi connectivity index (χ0v) is 13.2. The lowest BCUT2D eigenvalue weighted by molar-refractivity contribution is 0.442. The third-order valence-electron chi connectivity index (χ3n) is 2.80. The number of anilines is 1. The molecule has 0 amide bonds. The molecule has 0 heterocycles. The molecule has 1 nitrogen and oxygen atoms in total. The summed E-state index contributed by atoms with van der Waals surface area (Å²) >= 11 is 3.46. The minimum absolute atomic E-state index is 0.200. The summed E-state index contributed by atoms with van der Waals surface area (Å²) in [5.74, 6) is 1.07. The van der Waals surface area contributed by atoms with Crippen molar-refractivity contribution in [2.75, 3.05) is 5.32 Å². The molecule has 0 spiro atoms. The summed E-state index contributed by atoms with van der Waals surface area (Å²) in [6, 6.07) is 5.16. The molecule has 0 aliphatic rings. The Bertz CT molecular complexity index is 367. The summed E-state index contributed by atoms with van der Waals surface area (Å²) in [5, 5.41) is 3.46. The van der Waals surface area contributed by atoms with Gasteiger partial charge < -0.3 is 5.32 Å². The van der Waals surface area contributed by atoms with Crippen molar-refractivity contribution >= 4 is 21.6 Å². The molecule has 0 aliphatic heterocycles. The fraction of sp³-hybridized carbons (Fsp3) is 0.600. The molecule has 1 rings (SSSR count). The van der Waals surface area contributed by atoms with Gasteiger partial charge in [-0.25, -0.2) is 4.39 Å². The van der Waals surface area contributed by atoms with Crippen LogP contribution < -0.4 is 5.32 Å². The zero-order chi connectivity index (χ0) is 13.7. The topological polar surface area (TPSA) is 12.0 Å². The molecule has 0 atom stereocenters. The highest BCUT2D eigenvalue weighted by atomic mass is 79.9. The van der Waals surface area contributed by atoms with Gasteiger partial charge in [0.15, 0.2) is 0 Å². The Labute approximate surface area is 118 Å². The first-order valence-electron chi connectivity index (χ1n) is 6.60. The van der Waals surface area contributed by atoms with E-state index in [2.05, 4.69) is 48.9 Å². The lowest BCUT2D eigenvalue weighted by Crippen LogP contribution is -2.23. The van der Waals surface area contributed by atoms with Gasteiger partial charge in [-0.15, -0.1) is 0 Å². The maximum Gasteiger partial charge on any atom is 0.125 e. The van der Waals surface area contributed by atoms with Crippen LogP contribution in [0.15, 0.2) is 22.7 Å². The van der Waals surface area contributed by atoms with Gasteiger partial charge in [0.1, 0.15) is 5.82 Å². The minimum Gasteiger partial charge on any atom is -0.381 e. The molecule has 0 bridgehead atoms. The summed E-state index contributed by atoms with van der Waals surface area (Å²) in [6.07, 6.45) is 2.20. The molecule has 0 fully saturated rings. The normalized spacial score (nSPS) is 11.6. The molecule has 0 saturated carbocycles.